The van der Waals surface area contributed by atoms with E-state index in [-0.39, 0.29) is 17.5 Å². The monoisotopic (exact) mass is 520 g/mol. The molecule has 0 bridgehead atoms. The molecule has 0 unspecified atom stereocenters. The largest absolute Gasteiger partial charge is 0.455 e. The number of hydrogen-bond acceptors (Lipinski definition) is 7. The highest BCUT2D eigenvalue weighted by molar-refractivity contribution is 7.98. The van der Waals surface area contributed by atoms with Gasteiger partial charge in [-0.05, 0) is 42.0 Å². The van der Waals surface area contributed by atoms with Crippen LogP contribution in [0.2, 0.25) is 0 Å². The third-order valence-electron chi connectivity index (χ3n) is 6.26. The first-order valence-electron chi connectivity index (χ1n) is 12.0. The molecule has 5 rings (SSSR count). The summed E-state index contributed by atoms with van der Waals surface area (Å²) in [6.45, 7) is 6.99. The standard InChI is InChI=1S/C27H28N4O3S2/c1-2-13-31-26(33)22-12-16-35-25(22)29-27(31)36-18-21-8-9-23(34-21)24(32)28-20-10-14-30(15-11-20)17-19-6-4-3-5-7-19/h2-9,12,16,20H,1,10-11,13-15,17-18H2,(H,28,32). The fraction of sp³-hybridized carbons (Fsp3) is 0.296. The minimum atomic E-state index is -0.186. The van der Waals surface area contributed by atoms with Crippen LogP contribution in [-0.4, -0.2) is 39.5 Å². The smallest absolute Gasteiger partial charge is 0.287 e. The summed E-state index contributed by atoms with van der Waals surface area (Å²) in [6, 6.07) is 15.9. The molecular weight excluding hydrogens is 492 g/mol. The highest BCUT2D eigenvalue weighted by atomic mass is 32.2. The summed E-state index contributed by atoms with van der Waals surface area (Å²) in [7, 11) is 0. The van der Waals surface area contributed by atoms with Crippen LogP contribution in [-0.2, 0) is 18.8 Å². The minimum absolute atomic E-state index is 0.0713. The van der Waals surface area contributed by atoms with Gasteiger partial charge in [-0.3, -0.25) is 19.1 Å². The summed E-state index contributed by atoms with van der Waals surface area (Å²) in [4.78, 5) is 33.4. The van der Waals surface area contributed by atoms with Crippen molar-refractivity contribution in [3.05, 3.63) is 94.0 Å². The van der Waals surface area contributed by atoms with E-state index in [0.717, 1.165) is 37.3 Å². The molecule has 7 nitrogen and oxygen atoms in total. The number of likely N-dealkylation sites (tertiary alicyclic amines) is 1. The number of furan rings is 1. The number of rotatable bonds is 9. The van der Waals surface area contributed by atoms with Gasteiger partial charge in [-0.2, -0.15) is 0 Å². The molecule has 3 aromatic heterocycles. The van der Waals surface area contributed by atoms with Crippen LogP contribution in [0.1, 0.15) is 34.7 Å². The van der Waals surface area contributed by atoms with Crippen molar-refractivity contribution in [2.75, 3.05) is 13.1 Å². The molecule has 1 N–H and O–H groups in total. The summed E-state index contributed by atoms with van der Waals surface area (Å²) >= 11 is 2.86. The Bertz CT molecular complexity index is 1400. The van der Waals surface area contributed by atoms with E-state index in [4.69, 9.17) is 4.42 Å². The number of nitrogens with zero attached hydrogens (tertiary/aromatic N) is 3. The van der Waals surface area contributed by atoms with Crippen molar-refractivity contribution in [2.45, 2.75) is 42.9 Å². The van der Waals surface area contributed by atoms with E-state index in [9.17, 15) is 9.59 Å². The Labute approximate surface area is 217 Å². The zero-order chi connectivity index (χ0) is 24.9. The fourth-order valence-electron chi connectivity index (χ4n) is 4.38. The molecule has 36 heavy (non-hydrogen) atoms. The van der Waals surface area contributed by atoms with Gasteiger partial charge < -0.3 is 9.73 Å². The van der Waals surface area contributed by atoms with Crippen molar-refractivity contribution in [3.8, 4) is 0 Å². The molecule has 0 saturated carbocycles. The van der Waals surface area contributed by atoms with Crippen molar-refractivity contribution < 1.29 is 9.21 Å². The van der Waals surface area contributed by atoms with Crippen molar-refractivity contribution in [1.29, 1.82) is 0 Å². The number of amides is 1. The first kappa shape index (κ1) is 24.5. The number of thioether (sulfide) groups is 1. The highest BCUT2D eigenvalue weighted by Crippen LogP contribution is 2.25. The number of allylic oxidation sites excluding steroid dienone is 1. The number of thiophene rings is 1. The lowest BCUT2D eigenvalue weighted by Gasteiger charge is -2.32. The molecular formula is C27H28N4O3S2. The number of aromatic nitrogens is 2. The predicted molar refractivity (Wildman–Crippen MR) is 145 cm³/mol. The molecule has 1 fully saturated rings. The number of carbonyl (C=O) groups excluding carboxylic acids is 1. The molecule has 1 saturated heterocycles. The van der Waals surface area contributed by atoms with Crippen LogP contribution in [0.5, 0.6) is 0 Å². The van der Waals surface area contributed by atoms with Crippen LogP contribution >= 0.6 is 23.1 Å². The van der Waals surface area contributed by atoms with Gasteiger partial charge in [0.1, 0.15) is 10.6 Å². The molecule has 1 aromatic carbocycles. The van der Waals surface area contributed by atoms with Gasteiger partial charge in [0.05, 0.1) is 11.1 Å². The van der Waals surface area contributed by atoms with Crippen molar-refractivity contribution in [1.82, 2.24) is 19.8 Å². The lowest BCUT2D eigenvalue weighted by molar-refractivity contribution is 0.0879. The predicted octanol–water partition coefficient (Wildman–Crippen LogP) is 4.92. The second kappa shape index (κ2) is 11.3. The van der Waals surface area contributed by atoms with Gasteiger partial charge in [0.15, 0.2) is 10.9 Å². The Hall–Kier alpha value is -3.14. The summed E-state index contributed by atoms with van der Waals surface area (Å²) < 4.78 is 7.45. The molecule has 0 aliphatic carbocycles. The van der Waals surface area contributed by atoms with E-state index < -0.39 is 0 Å². The van der Waals surface area contributed by atoms with Crippen LogP contribution in [0.25, 0.3) is 10.2 Å². The van der Waals surface area contributed by atoms with Gasteiger partial charge in [0, 0.05) is 32.2 Å². The topological polar surface area (TPSA) is 80.4 Å². The molecule has 0 atom stereocenters. The average molecular weight is 521 g/mol. The second-order valence-electron chi connectivity index (χ2n) is 8.80. The number of piperidine rings is 1. The Morgan fingerprint density at radius 3 is 2.78 bits per heavy atom. The first-order chi connectivity index (χ1) is 17.6. The van der Waals surface area contributed by atoms with Crippen molar-refractivity contribution in [2.24, 2.45) is 0 Å². The van der Waals surface area contributed by atoms with E-state index in [1.54, 1.807) is 22.8 Å². The molecule has 0 radical (unpaired) electrons. The Balaban J connectivity index is 1.15. The van der Waals surface area contributed by atoms with E-state index in [2.05, 4.69) is 46.0 Å². The molecule has 4 heterocycles. The minimum Gasteiger partial charge on any atom is -0.455 e. The van der Waals surface area contributed by atoms with Crippen molar-refractivity contribution >= 4 is 39.2 Å². The van der Waals surface area contributed by atoms with Crippen LogP contribution < -0.4 is 10.9 Å². The quantitative estimate of drug-likeness (QED) is 0.192. The molecule has 9 heteroatoms. The maximum Gasteiger partial charge on any atom is 0.287 e. The van der Waals surface area contributed by atoms with E-state index in [1.165, 1.54) is 28.7 Å². The van der Waals surface area contributed by atoms with Crippen LogP contribution in [0.15, 0.2) is 80.9 Å². The number of hydrogen-bond donors (Lipinski definition) is 1. The molecule has 0 spiro atoms. The Morgan fingerprint density at radius 2 is 2.00 bits per heavy atom. The maximum atomic E-state index is 12.8. The van der Waals surface area contributed by atoms with Crippen LogP contribution in [0.3, 0.4) is 0 Å². The number of fused-ring (bicyclic) bond motifs is 1. The van der Waals surface area contributed by atoms with E-state index in [1.807, 2.05) is 17.5 Å². The van der Waals surface area contributed by atoms with E-state index >= 15 is 0 Å². The number of nitrogens with one attached hydrogen (secondary N) is 1. The maximum absolute atomic E-state index is 12.8. The third-order valence-corrected chi connectivity index (χ3v) is 8.07. The molecule has 1 aliphatic heterocycles. The summed E-state index contributed by atoms with van der Waals surface area (Å²) in [5, 5.41) is 6.23. The van der Waals surface area contributed by atoms with Gasteiger partial charge in [-0.15, -0.1) is 17.9 Å². The number of carbonyl (C=O) groups is 1. The fourth-order valence-corrected chi connectivity index (χ4v) is 6.09. The Kier molecular flexibility index (Phi) is 7.69. The molecule has 1 aliphatic rings. The highest BCUT2D eigenvalue weighted by Gasteiger charge is 2.22. The van der Waals surface area contributed by atoms with Crippen molar-refractivity contribution in [3.63, 3.8) is 0 Å². The van der Waals surface area contributed by atoms with Gasteiger partial charge in [0.25, 0.3) is 11.5 Å². The lowest BCUT2D eigenvalue weighted by Crippen LogP contribution is -2.44. The molecule has 1 amide bonds. The average Bonchev–Trinajstić information content (AvgIpc) is 3.57. The summed E-state index contributed by atoms with van der Waals surface area (Å²) in [5.41, 5.74) is 1.24. The molecule has 186 valence electrons. The third kappa shape index (κ3) is 5.64. The number of benzene rings is 1. The van der Waals surface area contributed by atoms with Gasteiger partial charge in [-0.1, -0.05) is 48.2 Å². The first-order valence-corrected chi connectivity index (χ1v) is 13.8. The SMILES string of the molecule is C=CCn1c(SCc2ccc(C(=O)NC3CCN(Cc4ccccc4)CC3)o2)nc2sccc2c1=O. The molecule has 4 aromatic rings. The Morgan fingerprint density at radius 1 is 1.19 bits per heavy atom. The lowest BCUT2D eigenvalue weighted by atomic mass is 10.0. The van der Waals surface area contributed by atoms with Gasteiger partial charge >= 0.3 is 0 Å². The normalized spacial score (nSPS) is 14.8. The second-order valence-corrected chi connectivity index (χ2v) is 10.6. The van der Waals surface area contributed by atoms with Crippen LogP contribution in [0.4, 0.5) is 0 Å². The summed E-state index contributed by atoms with van der Waals surface area (Å²) in [5.74, 6) is 1.25. The van der Waals surface area contributed by atoms with Crippen LogP contribution in [0, 0.1) is 0 Å². The summed E-state index contributed by atoms with van der Waals surface area (Å²) in [6.07, 6.45) is 3.52. The van der Waals surface area contributed by atoms with Gasteiger partial charge in [0.2, 0.25) is 0 Å². The van der Waals surface area contributed by atoms with Gasteiger partial charge in [-0.25, -0.2) is 4.98 Å². The zero-order valence-corrected chi connectivity index (χ0v) is 21.5. The van der Waals surface area contributed by atoms with E-state index in [0.29, 0.717) is 34.4 Å². The zero-order valence-electron chi connectivity index (χ0n) is 19.9.